The van der Waals surface area contributed by atoms with Crippen LogP contribution in [-0.2, 0) is 20.9 Å². The van der Waals surface area contributed by atoms with Crippen molar-refractivity contribution < 1.29 is 14.3 Å². The summed E-state index contributed by atoms with van der Waals surface area (Å²) in [5.74, 6) is -0.765. The van der Waals surface area contributed by atoms with E-state index in [9.17, 15) is 14.4 Å². The molecular weight excluding hydrogens is 300 g/mol. The van der Waals surface area contributed by atoms with Gasteiger partial charge in [0.2, 0.25) is 5.91 Å². The highest BCUT2D eigenvalue weighted by molar-refractivity contribution is 5.84. The zero-order chi connectivity index (χ0) is 17.0. The van der Waals surface area contributed by atoms with E-state index in [0.29, 0.717) is 12.1 Å². The number of ether oxygens (including phenoxy) is 1. The molecule has 124 valence electrons. The molecule has 2 heterocycles. The van der Waals surface area contributed by atoms with Crippen LogP contribution in [0, 0.1) is 5.92 Å². The lowest BCUT2D eigenvalue weighted by Gasteiger charge is -2.18. The first kappa shape index (κ1) is 16.7. The van der Waals surface area contributed by atoms with Crippen molar-refractivity contribution >= 4 is 17.5 Å². The number of methoxy groups -OCH3 is 1. The molecule has 0 saturated heterocycles. The summed E-state index contributed by atoms with van der Waals surface area (Å²) in [6.07, 6.45) is 2.04. The number of nitrogens with zero attached hydrogens (tertiary/aromatic N) is 3. The summed E-state index contributed by atoms with van der Waals surface area (Å²) in [6, 6.07) is 4.39. The summed E-state index contributed by atoms with van der Waals surface area (Å²) in [6.45, 7) is 3.62. The number of esters is 1. The van der Waals surface area contributed by atoms with E-state index in [4.69, 9.17) is 4.74 Å². The maximum atomic E-state index is 12.1. The lowest BCUT2D eigenvalue weighted by Crippen LogP contribution is -2.44. The standard InChI is InChI=1S/C15H20N4O4/c1-10(2)8-11(14(21)23-3)16-13(20)9-19-15(22)18-7-5-4-6-12(18)17-19/h4-7,10-11H,8-9H2,1-3H3,(H,16,20). The predicted molar refractivity (Wildman–Crippen MR) is 82.9 cm³/mol. The summed E-state index contributed by atoms with van der Waals surface area (Å²) in [5.41, 5.74) is 0.0474. The highest BCUT2D eigenvalue weighted by atomic mass is 16.5. The SMILES string of the molecule is COC(=O)C(CC(C)C)NC(=O)Cn1nc2ccccn2c1=O. The third-order valence-corrected chi connectivity index (χ3v) is 3.31. The van der Waals surface area contributed by atoms with Crippen molar-refractivity contribution in [2.45, 2.75) is 32.9 Å². The number of aromatic nitrogens is 3. The molecule has 1 unspecified atom stereocenters. The fraction of sp³-hybridized carbons (Fsp3) is 0.467. The monoisotopic (exact) mass is 320 g/mol. The third kappa shape index (κ3) is 3.97. The van der Waals surface area contributed by atoms with Crippen molar-refractivity contribution in [2.24, 2.45) is 5.92 Å². The molecule has 2 rings (SSSR count). The van der Waals surface area contributed by atoms with Crippen molar-refractivity contribution in [1.82, 2.24) is 19.5 Å². The Balaban J connectivity index is 2.12. The van der Waals surface area contributed by atoms with Crippen molar-refractivity contribution in [2.75, 3.05) is 7.11 Å². The molecule has 0 aromatic carbocycles. The number of rotatable bonds is 6. The number of nitrogens with one attached hydrogen (secondary N) is 1. The zero-order valence-electron chi connectivity index (χ0n) is 13.4. The number of hydrogen-bond acceptors (Lipinski definition) is 5. The van der Waals surface area contributed by atoms with Crippen LogP contribution in [0.15, 0.2) is 29.2 Å². The minimum absolute atomic E-state index is 0.206. The Bertz CT molecular complexity index is 762. The molecule has 0 aliphatic heterocycles. The van der Waals surface area contributed by atoms with Gasteiger partial charge in [-0.1, -0.05) is 19.9 Å². The molecule has 2 aromatic heterocycles. The molecule has 0 aliphatic rings. The number of pyridine rings is 1. The van der Waals surface area contributed by atoms with Crippen LogP contribution in [0.3, 0.4) is 0 Å². The smallest absolute Gasteiger partial charge is 0.350 e. The van der Waals surface area contributed by atoms with Crippen LogP contribution in [0.1, 0.15) is 20.3 Å². The van der Waals surface area contributed by atoms with Crippen molar-refractivity contribution in [1.29, 1.82) is 0 Å². The number of amides is 1. The second-order valence-corrected chi connectivity index (χ2v) is 5.64. The average molecular weight is 320 g/mol. The van der Waals surface area contributed by atoms with Gasteiger partial charge in [-0.05, 0) is 24.5 Å². The van der Waals surface area contributed by atoms with Crippen LogP contribution in [0.25, 0.3) is 5.65 Å². The van der Waals surface area contributed by atoms with Gasteiger partial charge in [0.15, 0.2) is 5.65 Å². The maximum absolute atomic E-state index is 12.1. The van der Waals surface area contributed by atoms with Crippen LogP contribution in [-0.4, -0.2) is 39.2 Å². The molecular formula is C15H20N4O4. The highest BCUT2D eigenvalue weighted by Crippen LogP contribution is 2.06. The largest absolute Gasteiger partial charge is 0.467 e. The van der Waals surface area contributed by atoms with E-state index in [1.165, 1.54) is 11.5 Å². The van der Waals surface area contributed by atoms with Gasteiger partial charge < -0.3 is 10.1 Å². The van der Waals surface area contributed by atoms with Gasteiger partial charge in [0.05, 0.1) is 7.11 Å². The van der Waals surface area contributed by atoms with Crippen LogP contribution in [0.2, 0.25) is 0 Å². The van der Waals surface area contributed by atoms with Gasteiger partial charge >= 0.3 is 11.7 Å². The van der Waals surface area contributed by atoms with E-state index in [0.717, 1.165) is 4.68 Å². The summed E-state index contributed by atoms with van der Waals surface area (Å²) in [5, 5.41) is 6.67. The van der Waals surface area contributed by atoms with Gasteiger partial charge in [-0.3, -0.25) is 9.20 Å². The quantitative estimate of drug-likeness (QED) is 0.767. The van der Waals surface area contributed by atoms with Crippen LogP contribution >= 0.6 is 0 Å². The minimum Gasteiger partial charge on any atom is -0.467 e. The number of carbonyl (C=O) groups excluding carboxylic acids is 2. The van der Waals surface area contributed by atoms with Gasteiger partial charge in [-0.2, -0.15) is 0 Å². The van der Waals surface area contributed by atoms with Gasteiger partial charge in [-0.25, -0.2) is 14.3 Å². The van der Waals surface area contributed by atoms with Gasteiger partial charge in [0.25, 0.3) is 0 Å². The zero-order valence-corrected chi connectivity index (χ0v) is 13.4. The Labute approximate surface area is 133 Å². The molecule has 0 bridgehead atoms. The summed E-state index contributed by atoms with van der Waals surface area (Å²) >= 11 is 0. The minimum atomic E-state index is -0.736. The molecule has 1 atom stereocenters. The fourth-order valence-electron chi connectivity index (χ4n) is 2.27. The lowest BCUT2D eigenvalue weighted by atomic mass is 10.0. The Hall–Kier alpha value is -2.64. The molecule has 2 aromatic rings. The first-order valence-electron chi connectivity index (χ1n) is 7.33. The lowest BCUT2D eigenvalue weighted by molar-refractivity contribution is -0.145. The second kappa shape index (κ2) is 7.08. The third-order valence-electron chi connectivity index (χ3n) is 3.31. The predicted octanol–water partition coefficient (Wildman–Crippen LogP) is 0.200. The summed E-state index contributed by atoms with van der Waals surface area (Å²) in [4.78, 5) is 36.0. The highest BCUT2D eigenvalue weighted by Gasteiger charge is 2.23. The Morgan fingerprint density at radius 3 is 2.70 bits per heavy atom. The van der Waals surface area contributed by atoms with E-state index in [1.54, 1.807) is 24.4 Å². The number of carbonyl (C=O) groups is 2. The van der Waals surface area contributed by atoms with E-state index < -0.39 is 23.6 Å². The Kier molecular flexibility index (Phi) is 5.15. The Morgan fingerprint density at radius 1 is 1.35 bits per heavy atom. The first-order valence-corrected chi connectivity index (χ1v) is 7.33. The van der Waals surface area contributed by atoms with Gasteiger partial charge in [0.1, 0.15) is 12.6 Å². The Morgan fingerprint density at radius 2 is 2.09 bits per heavy atom. The van der Waals surface area contributed by atoms with Crippen molar-refractivity contribution in [3.05, 3.63) is 34.9 Å². The average Bonchev–Trinajstić information content (AvgIpc) is 2.82. The van der Waals surface area contributed by atoms with Crippen molar-refractivity contribution in [3.8, 4) is 0 Å². The molecule has 8 nitrogen and oxygen atoms in total. The molecule has 23 heavy (non-hydrogen) atoms. The van der Waals surface area contributed by atoms with Crippen LogP contribution < -0.4 is 11.0 Å². The van der Waals surface area contributed by atoms with Crippen molar-refractivity contribution in [3.63, 3.8) is 0 Å². The second-order valence-electron chi connectivity index (χ2n) is 5.64. The molecule has 0 fully saturated rings. The normalized spacial score (nSPS) is 12.3. The van der Waals surface area contributed by atoms with E-state index in [-0.39, 0.29) is 12.5 Å². The topological polar surface area (TPSA) is 94.7 Å². The molecule has 0 radical (unpaired) electrons. The molecule has 8 heteroatoms. The van der Waals surface area contributed by atoms with E-state index in [1.807, 2.05) is 13.8 Å². The molecule has 0 saturated carbocycles. The number of hydrogen-bond donors (Lipinski definition) is 1. The fourth-order valence-corrected chi connectivity index (χ4v) is 2.27. The van der Waals surface area contributed by atoms with Crippen LogP contribution in [0.5, 0.6) is 0 Å². The molecule has 1 amide bonds. The van der Waals surface area contributed by atoms with E-state index >= 15 is 0 Å². The van der Waals surface area contributed by atoms with Gasteiger partial charge in [0, 0.05) is 6.20 Å². The summed E-state index contributed by atoms with van der Waals surface area (Å²) in [7, 11) is 1.27. The van der Waals surface area contributed by atoms with Crippen LogP contribution in [0.4, 0.5) is 0 Å². The molecule has 1 N–H and O–H groups in total. The van der Waals surface area contributed by atoms with Gasteiger partial charge in [-0.15, -0.1) is 5.10 Å². The summed E-state index contributed by atoms with van der Waals surface area (Å²) < 4.78 is 7.10. The van der Waals surface area contributed by atoms with E-state index in [2.05, 4.69) is 10.4 Å². The maximum Gasteiger partial charge on any atom is 0.350 e. The first-order chi connectivity index (χ1) is 10.9. The number of fused-ring (bicyclic) bond motifs is 1. The molecule has 0 spiro atoms. The molecule has 0 aliphatic carbocycles.